The molecule has 0 aliphatic rings. The van der Waals surface area contributed by atoms with Gasteiger partial charge < -0.3 is 20.4 Å². The molecule has 0 bridgehead atoms. The van der Waals surface area contributed by atoms with Crippen LogP contribution >= 0.6 is 0 Å². The van der Waals surface area contributed by atoms with Crippen LogP contribution in [0.15, 0.2) is 36.4 Å². The average Bonchev–Trinajstić information content (AvgIpc) is 2.45. The van der Waals surface area contributed by atoms with Crippen molar-refractivity contribution in [2.24, 2.45) is 0 Å². The van der Waals surface area contributed by atoms with Crippen LogP contribution in [0.5, 0.6) is 0 Å². The van der Waals surface area contributed by atoms with Gasteiger partial charge in [-0.25, -0.2) is 0 Å². The topological polar surface area (TPSA) is 115 Å². The van der Waals surface area contributed by atoms with Crippen LogP contribution in [0.1, 0.15) is 12.5 Å². The van der Waals surface area contributed by atoms with E-state index in [1.165, 1.54) is 6.08 Å². The molecule has 0 aliphatic heterocycles. The van der Waals surface area contributed by atoms with E-state index in [-0.39, 0.29) is 13.2 Å². The predicted molar refractivity (Wildman–Crippen MR) is 75.0 cm³/mol. The SMILES string of the molecule is CC(=O)O.O=CC=Cc1ccccc1.OCC(O)CO. The number of benzene rings is 1. The third-order valence-electron chi connectivity index (χ3n) is 1.59. The molecule has 20 heavy (non-hydrogen) atoms. The minimum atomic E-state index is -0.954. The monoisotopic (exact) mass is 284 g/mol. The summed E-state index contributed by atoms with van der Waals surface area (Å²) in [5, 5.41) is 31.4. The van der Waals surface area contributed by atoms with Gasteiger partial charge >= 0.3 is 0 Å². The highest BCUT2D eigenvalue weighted by molar-refractivity contribution is 5.73. The number of carboxylic acid groups (broad SMARTS) is 1. The van der Waals surface area contributed by atoms with Crippen LogP contribution in [-0.2, 0) is 9.59 Å². The molecule has 0 aliphatic carbocycles. The van der Waals surface area contributed by atoms with Gasteiger partial charge in [0.1, 0.15) is 12.4 Å². The fourth-order valence-electron chi connectivity index (χ4n) is 0.772. The molecule has 0 heterocycles. The molecule has 0 amide bonds. The number of carboxylic acids is 1. The van der Waals surface area contributed by atoms with E-state index in [4.69, 9.17) is 25.2 Å². The number of allylic oxidation sites excluding steroid dienone is 1. The van der Waals surface area contributed by atoms with Gasteiger partial charge in [-0.15, -0.1) is 0 Å². The van der Waals surface area contributed by atoms with Crippen LogP contribution in [0.3, 0.4) is 0 Å². The first-order chi connectivity index (χ1) is 9.47. The zero-order valence-electron chi connectivity index (χ0n) is 11.2. The number of carbonyl (C=O) groups is 2. The van der Waals surface area contributed by atoms with Crippen LogP contribution in [0.25, 0.3) is 6.08 Å². The molecule has 0 fully saturated rings. The summed E-state index contributed by atoms with van der Waals surface area (Å²) in [6, 6.07) is 9.70. The second-order valence-corrected chi connectivity index (χ2v) is 3.44. The van der Waals surface area contributed by atoms with E-state index < -0.39 is 12.1 Å². The summed E-state index contributed by atoms with van der Waals surface area (Å²) < 4.78 is 0. The van der Waals surface area contributed by atoms with Crippen LogP contribution < -0.4 is 0 Å². The Kier molecular flexibility index (Phi) is 15.3. The van der Waals surface area contributed by atoms with Gasteiger partial charge in [-0.2, -0.15) is 0 Å². The molecule has 6 nitrogen and oxygen atoms in total. The number of aliphatic carboxylic acids is 1. The molecule has 1 aromatic carbocycles. The van der Waals surface area contributed by atoms with E-state index in [1.807, 2.05) is 30.3 Å². The maximum absolute atomic E-state index is 9.89. The Morgan fingerprint density at radius 3 is 1.95 bits per heavy atom. The summed E-state index contributed by atoms with van der Waals surface area (Å²) in [5.41, 5.74) is 1.05. The van der Waals surface area contributed by atoms with Crippen molar-refractivity contribution in [3.05, 3.63) is 42.0 Å². The number of aliphatic hydroxyl groups is 3. The molecule has 0 radical (unpaired) electrons. The van der Waals surface area contributed by atoms with Crippen LogP contribution in [0, 0.1) is 0 Å². The Morgan fingerprint density at radius 1 is 1.20 bits per heavy atom. The summed E-state index contributed by atoms with van der Waals surface area (Å²) in [4.78, 5) is 18.9. The van der Waals surface area contributed by atoms with Crippen LogP contribution in [-0.4, -0.2) is 52.0 Å². The highest BCUT2D eigenvalue weighted by atomic mass is 16.4. The standard InChI is InChI=1S/C9H8O.C3H8O3.C2H4O2/c10-8-4-7-9-5-2-1-3-6-9;4-1-3(6)2-5;1-2(3)4/h1-8H;3-6H,1-2H2;1H3,(H,3,4). The van der Waals surface area contributed by atoms with Crippen molar-refractivity contribution in [1.82, 2.24) is 0 Å². The maximum Gasteiger partial charge on any atom is 0.300 e. The van der Waals surface area contributed by atoms with Gasteiger partial charge in [0.15, 0.2) is 0 Å². The largest absolute Gasteiger partial charge is 0.481 e. The van der Waals surface area contributed by atoms with Crippen molar-refractivity contribution in [3.8, 4) is 0 Å². The highest BCUT2D eigenvalue weighted by Crippen LogP contribution is 1.99. The van der Waals surface area contributed by atoms with E-state index in [0.717, 1.165) is 18.8 Å². The van der Waals surface area contributed by atoms with Gasteiger partial charge in [0.25, 0.3) is 5.97 Å². The summed E-state index contributed by atoms with van der Waals surface area (Å²) in [7, 11) is 0. The number of hydrogen-bond acceptors (Lipinski definition) is 5. The summed E-state index contributed by atoms with van der Waals surface area (Å²) in [6.45, 7) is 0.354. The molecule has 6 heteroatoms. The maximum atomic E-state index is 9.89. The Hall–Kier alpha value is -2.02. The zero-order valence-corrected chi connectivity index (χ0v) is 11.2. The molecule has 0 unspecified atom stereocenters. The number of rotatable bonds is 4. The molecule has 112 valence electrons. The molecular weight excluding hydrogens is 264 g/mol. The quantitative estimate of drug-likeness (QED) is 0.467. The lowest BCUT2D eigenvalue weighted by Crippen LogP contribution is -2.15. The number of carbonyl (C=O) groups excluding carboxylic acids is 1. The van der Waals surface area contributed by atoms with Gasteiger partial charge in [0.05, 0.1) is 13.2 Å². The number of aliphatic hydroxyl groups excluding tert-OH is 3. The molecule has 4 N–H and O–H groups in total. The summed E-state index contributed by atoms with van der Waals surface area (Å²) in [5.74, 6) is -0.833. The van der Waals surface area contributed by atoms with Crippen molar-refractivity contribution in [2.45, 2.75) is 13.0 Å². The van der Waals surface area contributed by atoms with E-state index in [9.17, 15) is 4.79 Å². The van der Waals surface area contributed by atoms with E-state index in [2.05, 4.69) is 0 Å². The normalized spacial score (nSPS) is 9.25. The molecule has 1 aromatic rings. The van der Waals surface area contributed by atoms with Crippen LogP contribution in [0.2, 0.25) is 0 Å². The van der Waals surface area contributed by atoms with E-state index >= 15 is 0 Å². The third-order valence-corrected chi connectivity index (χ3v) is 1.59. The molecule has 1 rings (SSSR count). The first-order valence-corrected chi connectivity index (χ1v) is 5.74. The first kappa shape index (κ1) is 20.3. The van der Waals surface area contributed by atoms with Gasteiger partial charge in [-0.1, -0.05) is 36.4 Å². The molecular formula is C14H20O6. The summed E-state index contributed by atoms with van der Waals surface area (Å²) in [6.07, 6.45) is 3.07. The van der Waals surface area contributed by atoms with Crippen molar-refractivity contribution in [3.63, 3.8) is 0 Å². The van der Waals surface area contributed by atoms with Crippen molar-refractivity contribution < 1.29 is 30.0 Å². The van der Waals surface area contributed by atoms with E-state index in [1.54, 1.807) is 6.08 Å². The van der Waals surface area contributed by atoms with Crippen molar-refractivity contribution in [2.75, 3.05) is 13.2 Å². The lowest BCUT2D eigenvalue weighted by atomic mass is 10.2. The second kappa shape index (κ2) is 15.0. The predicted octanol–water partition coefficient (Wildman–Crippen LogP) is 0.321. The zero-order chi connectivity index (χ0) is 15.8. The van der Waals surface area contributed by atoms with Crippen LogP contribution in [0.4, 0.5) is 0 Å². The minimum absolute atomic E-state index is 0.365. The highest BCUT2D eigenvalue weighted by Gasteiger charge is 1.93. The van der Waals surface area contributed by atoms with Gasteiger partial charge in [0, 0.05) is 6.92 Å². The smallest absolute Gasteiger partial charge is 0.300 e. The van der Waals surface area contributed by atoms with Gasteiger partial charge in [-0.3, -0.25) is 9.59 Å². The third kappa shape index (κ3) is 18.3. The lowest BCUT2D eigenvalue weighted by molar-refractivity contribution is -0.134. The van der Waals surface area contributed by atoms with Crippen molar-refractivity contribution >= 4 is 18.3 Å². The Labute approximate surface area is 117 Å². The molecule has 0 aromatic heterocycles. The Balaban J connectivity index is 0. The first-order valence-electron chi connectivity index (χ1n) is 5.74. The fourth-order valence-corrected chi connectivity index (χ4v) is 0.772. The Bertz CT molecular complexity index is 367. The van der Waals surface area contributed by atoms with Crippen molar-refractivity contribution in [1.29, 1.82) is 0 Å². The fraction of sp³-hybridized carbons (Fsp3) is 0.286. The molecule has 0 atom stereocenters. The average molecular weight is 284 g/mol. The number of hydrogen-bond donors (Lipinski definition) is 4. The molecule has 0 saturated carbocycles. The molecule has 0 spiro atoms. The lowest BCUT2D eigenvalue weighted by Gasteiger charge is -1.96. The number of aldehydes is 1. The van der Waals surface area contributed by atoms with E-state index in [0.29, 0.717) is 0 Å². The molecule has 0 saturated heterocycles. The van der Waals surface area contributed by atoms with Gasteiger partial charge in [-0.05, 0) is 11.6 Å². The Morgan fingerprint density at radius 2 is 1.65 bits per heavy atom. The summed E-state index contributed by atoms with van der Waals surface area (Å²) >= 11 is 0. The second-order valence-electron chi connectivity index (χ2n) is 3.44. The minimum Gasteiger partial charge on any atom is -0.481 e. The van der Waals surface area contributed by atoms with Gasteiger partial charge in [0.2, 0.25) is 0 Å².